The Balaban J connectivity index is 0.00000200. The topological polar surface area (TPSA) is 55.6 Å². The Labute approximate surface area is 124 Å². The molecule has 0 bridgehead atoms. The van der Waals surface area contributed by atoms with Gasteiger partial charge in [0, 0.05) is 19.0 Å². The number of nitrogens with zero attached hydrogens (tertiary/aromatic N) is 1. The summed E-state index contributed by atoms with van der Waals surface area (Å²) in [5.74, 6) is -0.446. The Morgan fingerprint density at radius 2 is 2.35 bits per heavy atom. The number of carbonyl (C=O) groups excluding carboxylic acids is 1. The minimum Gasteiger partial charge on any atom is -0.370 e. The number of benzene rings is 1. The van der Waals surface area contributed by atoms with Crippen LogP contribution in [0.5, 0.6) is 0 Å². The molecule has 1 aromatic rings. The Morgan fingerprint density at radius 3 is 3.00 bits per heavy atom. The summed E-state index contributed by atoms with van der Waals surface area (Å²) in [6, 6.07) is 6.31. The van der Waals surface area contributed by atoms with Crippen LogP contribution in [0.1, 0.15) is 18.6 Å². The van der Waals surface area contributed by atoms with Crippen LogP contribution in [0, 0.1) is 11.7 Å². The molecule has 0 saturated carbocycles. The second kappa shape index (κ2) is 7.57. The number of hydrogen-bond donors (Lipinski definition) is 1. The predicted molar refractivity (Wildman–Crippen MR) is 77.1 cm³/mol. The molecule has 2 unspecified atom stereocenters. The van der Waals surface area contributed by atoms with E-state index in [0.29, 0.717) is 26.2 Å². The average Bonchev–Trinajstić information content (AvgIpc) is 2.46. The standard InChI is InChI=1S/C14H19FN2O2.ClH/c1-10(8-16)14(18)17-5-6-19-13(9-17)11-3-2-4-12(15)7-11;/h2-4,7,10,13H,5-6,8-9,16H2,1H3;1H. The lowest BCUT2D eigenvalue weighted by Crippen LogP contribution is -2.45. The third-order valence-corrected chi connectivity index (χ3v) is 3.37. The molecule has 1 aliphatic heterocycles. The maximum atomic E-state index is 13.2. The van der Waals surface area contributed by atoms with Gasteiger partial charge in [-0.1, -0.05) is 19.1 Å². The molecule has 4 nitrogen and oxygen atoms in total. The molecule has 0 aromatic heterocycles. The Morgan fingerprint density at radius 1 is 1.60 bits per heavy atom. The minimum atomic E-state index is -0.292. The zero-order valence-electron chi connectivity index (χ0n) is 11.4. The molecule has 0 aliphatic carbocycles. The molecule has 1 heterocycles. The number of amides is 1. The van der Waals surface area contributed by atoms with Gasteiger partial charge in [-0.3, -0.25) is 4.79 Å². The lowest BCUT2D eigenvalue weighted by Gasteiger charge is -2.34. The smallest absolute Gasteiger partial charge is 0.226 e. The van der Waals surface area contributed by atoms with Crippen molar-refractivity contribution < 1.29 is 13.9 Å². The highest BCUT2D eigenvalue weighted by atomic mass is 35.5. The normalized spacial score (nSPS) is 20.1. The molecule has 2 rings (SSSR count). The quantitative estimate of drug-likeness (QED) is 0.925. The first-order valence-corrected chi connectivity index (χ1v) is 6.47. The molecular weight excluding hydrogens is 283 g/mol. The lowest BCUT2D eigenvalue weighted by molar-refractivity contribution is -0.142. The fourth-order valence-electron chi connectivity index (χ4n) is 2.17. The highest BCUT2D eigenvalue weighted by Gasteiger charge is 2.27. The second-order valence-electron chi connectivity index (χ2n) is 4.84. The van der Waals surface area contributed by atoms with Crippen LogP contribution < -0.4 is 5.73 Å². The van der Waals surface area contributed by atoms with Gasteiger partial charge in [0.25, 0.3) is 0 Å². The molecule has 0 spiro atoms. The predicted octanol–water partition coefficient (Wildman–Crippen LogP) is 1.74. The van der Waals surface area contributed by atoms with Crippen molar-refractivity contribution in [2.24, 2.45) is 11.7 Å². The van der Waals surface area contributed by atoms with Crippen molar-refractivity contribution in [1.29, 1.82) is 0 Å². The van der Waals surface area contributed by atoms with Crippen LogP contribution in [0.25, 0.3) is 0 Å². The fraction of sp³-hybridized carbons (Fsp3) is 0.500. The minimum absolute atomic E-state index is 0. The molecule has 6 heteroatoms. The summed E-state index contributed by atoms with van der Waals surface area (Å²) in [4.78, 5) is 13.8. The van der Waals surface area contributed by atoms with E-state index in [-0.39, 0.29) is 36.2 Å². The van der Waals surface area contributed by atoms with Crippen molar-refractivity contribution in [3.63, 3.8) is 0 Å². The molecule has 20 heavy (non-hydrogen) atoms. The summed E-state index contributed by atoms with van der Waals surface area (Å²) < 4.78 is 18.8. The lowest BCUT2D eigenvalue weighted by atomic mass is 10.1. The molecule has 1 saturated heterocycles. The van der Waals surface area contributed by atoms with Crippen molar-refractivity contribution in [1.82, 2.24) is 4.90 Å². The maximum Gasteiger partial charge on any atom is 0.226 e. The summed E-state index contributed by atoms with van der Waals surface area (Å²) in [6.07, 6.45) is -0.265. The Hall–Kier alpha value is -1.17. The summed E-state index contributed by atoms with van der Waals surface area (Å²) in [7, 11) is 0. The van der Waals surface area contributed by atoms with E-state index in [4.69, 9.17) is 10.5 Å². The van der Waals surface area contributed by atoms with Gasteiger partial charge in [0.1, 0.15) is 11.9 Å². The highest BCUT2D eigenvalue weighted by molar-refractivity contribution is 5.85. The van der Waals surface area contributed by atoms with Gasteiger partial charge in [-0.15, -0.1) is 12.4 Å². The summed E-state index contributed by atoms with van der Waals surface area (Å²) in [5, 5.41) is 0. The Kier molecular flexibility index (Phi) is 6.39. The van der Waals surface area contributed by atoms with Gasteiger partial charge in [-0.05, 0) is 17.7 Å². The van der Waals surface area contributed by atoms with Crippen LogP contribution in [0.2, 0.25) is 0 Å². The van der Waals surface area contributed by atoms with E-state index in [1.807, 2.05) is 13.0 Å². The van der Waals surface area contributed by atoms with E-state index < -0.39 is 0 Å². The maximum absolute atomic E-state index is 13.2. The first-order valence-electron chi connectivity index (χ1n) is 6.47. The van der Waals surface area contributed by atoms with E-state index >= 15 is 0 Å². The number of nitrogens with two attached hydrogens (primary N) is 1. The highest BCUT2D eigenvalue weighted by Crippen LogP contribution is 2.23. The number of ether oxygens (including phenoxy) is 1. The van der Waals surface area contributed by atoms with E-state index in [2.05, 4.69) is 0 Å². The molecule has 2 N–H and O–H groups in total. The zero-order chi connectivity index (χ0) is 13.8. The first-order chi connectivity index (χ1) is 9.11. The van der Waals surface area contributed by atoms with Crippen molar-refractivity contribution in [3.05, 3.63) is 35.6 Å². The summed E-state index contributed by atoms with van der Waals surface area (Å²) in [5.41, 5.74) is 6.28. The van der Waals surface area contributed by atoms with Gasteiger partial charge >= 0.3 is 0 Å². The van der Waals surface area contributed by atoms with Crippen molar-refractivity contribution >= 4 is 18.3 Å². The van der Waals surface area contributed by atoms with Gasteiger partial charge in [0.15, 0.2) is 0 Å². The van der Waals surface area contributed by atoms with Crippen LogP contribution in [0.15, 0.2) is 24.3 Å². The van der Waals surface area contributed by atoms with Crippen LogP contribution in [-0.4, -0.2) is 37.0 Å². The van der Waals surface area contributed by atoms with Crippen LogP contribution >= 0.6 is 12.4 Å². The molecule has 1 aliphatic rings. The van der Waals surface area contributed by atoms with Crippen LogP contribution in [0.3, 0.4) is 0 Å². The molecule has 112 valence electrons. The summed E-state index contributed by atoms with van der Waals surface area (Å²) in [6.45, 7) is 3.63. The van der Waals surface area contributed by atoms with Gasteiger partial charge in [0.05, 0.1) is 13.2 Å². The molecule has 0 radical (unpaired) electrons. The van der Waals surface area contributed by atoms with E-state index in [0.717, 1.165) is 5.56 Å². The van der Waals surface area contributed by atoms with Crippen molar-refractivity contribution in [3.8, 4) is 0 Å². The van der Waals surface area contributed by atoms with Crippen LogP contribution in [0.4, 0.5) is 4.39 Å². The van der Waals surface area contributed by atoms with E-state index in [1.54, 1.807) is 11.0 Å². The fourth-order valence-corrected chi connectivity index (χ4v) is 2.17. The molecule has 1 fully saturated rings. The van der Waals surface area contributed by atoms with E-state index in [9.17, 15) is 9.18 Å². The molecular formula is C14H20ClFN2O2. The summed E-state index contributed by atoms with van der Waals surface area (Å²) >= 11 is 0. The number of morpholine rings is 1. The van der Waals surface area contributed by atoms with Crippen molar-refractivity contribution in [2.75, 3.05) is 26.2 Å². The third-order valence-electron chi connectivity index (χ3n) is 3.37. The number of hydrogen-bond acceptors (Lipinski definition) is 3. The third kappa shape index (κ3) is 3.91. The second-order valence-corrected chi connectivity index (χ2v) is 4.84. The Bertz CT molecular complexity index is 459. The molecule has 1 aromatic carbocycles. The number of rotatable bonds is 3. The largest absolute Gasteiger partial charge is 0.370 e. The number of halogens is 2. The zero-order valence-corrected chi connectivity index (χ0v) is 12.2. The van der Waals surface area contributed by atoms with Gasteiger partial charge in [0.2, 0.25) is 5.91 Å². The molecule has 1 amide bonds. The van der Waals surface area contributed by atoms with Gasteiger partial charge in [-0.2, -0.15) is 0 Å². The van der Waals surface area contributed by atoms with Crippen molar-refractivity contribution in [2.45, 2.75) is 13.0 Å². The van der Waals surface area contributed by atoms with Crippen LogP contribution in [-0.2, 0) is 9.53 Å². The monoisotopic (exact) mass is 302 g/mol. The average molecular weight is 303 g/mol. The van der Waals surface area contributed by atoms with Gasteiger partial charge < -0.3 is 15.4 Å². The molecule has 2 atom stereocenters. The van der Waals surface area contributed by atoms with E-state index in [1.165, 1.54) is 12.1 Å². The van der Waals surface area contributed by atoms with Gasteiger partial charge in [-0.25, -0.2) is 4.39 Å². The number of carbonyl (C=O) groups is 1. The first kappa shape index (κ1) is 16.9. The SMILES string of the molecule is CC(CN)C(=O)N1CCOC(c2cccc(F)c2)C1.Cl.